The second-order valence-corrected chi connectivity index (χ2v) is 6.69. The van der Waals surface area contributed by atoms with E-state index in [-0.39, 0.29) is 0 Å². The quantitative estimate of drug-likeness (QED) is 0.311. The highest BCUT2D eigenvalue weighted by Gasteiger charge is 2.02. The van der Waals surface area contributed by atoms with Crippen LogP contribution in [-0.4, -0.2) is 69.3 Å². The largest absolute Gasteiger partial charge is 0.508 e. The minimum atomic E-state index is -0.553. The van der Waals surface area contributed by atoms with Gasteiger partial charge in [-0.3, -0.25) is 0 Å². The van der Waals surface area contributed by atoms with Crippen LogP contribution in [0.5, 0.6) is 0 Å². The SMILES string of the molecule is CCCCOC(=O)OCCCSCCOCCOCCSC. The summed E-state index contributed by atoms with van der Waals surface area (Å²) in [7, 11) is 0. The molecule has 132 valence electrons. The number of rotatable bonds is 16. The number of hydrogen-bond acceptors (Lipinski definition) is 7. The highest BCUT2D eigenvalue weighted by Crippen LogP contribution is 2.03. The molecule has 0 aromatic heterocycles. The van der Waals surface area contributed by atoms with Gasteiger partial charge in [0.05, 0.1) is 39.6 Å². The Morgan fingerprint density at radius 1 is 0.818 bits per heavy atom. The van der Waals surface area contributed by atoms with Crippen LogP contribution in [0.4, 0.5) is 4.79 Å². The fourth-order valence-corrected chi connectivity index (χ4v) is 2.39. The van der Waals surface area contributed by atoms with Crippen molar-refractivity contribution in [3.05, 3.63) is 0 Å². The molecular weight excluding hydrogens is 324 g/mol. The van der Waals surface area contributed by atoms with Crippen LogP contribution in [0.2, 0.25) is 0 Å². The summed E-state index contributed by atoms with van der Waals surface area (Å²) in [6.45, 7) is 5.76. The normalized spacial score (nSPS) is 10.6. The van der Waals surface area contributed by atoms with Crippen molar-refractivity contribution in [1.29, 1.82) is 0 Å². The first-order valence-corrected chi connectivity index (χ1v) is 10.4. The Hall–Kier alpha value is -0.110. The molecule has 0 unspecified atom stereocenters. The lowest BCUT2D eigenvalue weighted by atomic mass is 10.4. The van der Waals surface area contributed by atoms with E-state index in [0.717, 1.165) is 49.7 Å². The first kappa shape index (κ1) is 21.9. The third-order valence-electron chi connectivity index (χ3n) is 2.55. The van der Waals surface area contributed by atoms with E-state index in [1.807, 2.05) is 6.92 Å². The van der Waals surface area contributed by atoms with E-state index in [1.165, 1.54) is 0 Å². The van der Waals surface area contributed by atoms with Crippen molar-refractivity contribution in [1.82, 2.24) is 0 Å². The van der Waals surface area contributed by atoms with Crippen LogP contribution in [0.15, 0.2) is 0 Å². The molecule has 0 aliphatic heterocycles. The number of thioether (sulfide) groups is 2. The van der Waals surface area contributed by atoms with Crippen LogP contribution in [0.1, 0.15) is 26.2 Å². The smallest absolute Gasteiger partial charge is 0.434 e. The van der Waals surface area contributed by atoms with Gasteiger partial charge in [-0.25, -0.2) is 4.79 Å². The van der Waals surface area contributed by atoms with Gasteiger partial charge < -0.3 is 18.9 Å². The fourth-order valence-electron chi connectivity index (χ4n) is 1.34. The Balaban J connectivity index is 3.06. The Morgan fingerprint density at radius 2 is 1.45 bits per heavy atom. The third kappa shape index (κ3) is 17.9. The predicted molar refractivity (Wildman–Crippen MR) is 94.2 cm³/mol. The molecule has 0 aliphatic rings. The third-order valence-corrected chi connectivity index (χ3v) is 4.15. The zero-order valence-electron chi connectivity index (χ0n) is 13.8. The lowest BCUT2D eigenvalue weighted by Gasteiger charge is -2.06. The van der Waals surface area contributed by atoms with Crippen LogP contribution in [0.25, 0.3) is 0 Å². The van der Waals surface area contributed by atoms with Crippen LogP contribution in [0.3, 0.4) is 0 Å². The number of unbranched alkanes of at least 4 members (excludes halogenated alkanes) is 1. The second kappa shape index (κ2) is 18.9. The molecule has 7 heteroatoms. The van der Waals surface area contributed by atoms with E-state index in [2.05, 4.69) is 6.26 Å². The van der Waals surface area contributed by atoms with Crippen molar-refractivity contribution in [3.63, 3.8) is 0 Å². The Labute approximate surface area is 143 Å². The summed E-state index contributed by atoms with van der Waals surface area (Å²) in [5.74, 6) is 2.94. The molecule has 0 radical (unpaired) electrons. The molecule has 0 saturated carbocycles. The Bertz CT molecular complexity index is 242. The molecule has 5 nitrogen and oxygen atoms in total. The first-order valence-electron chi connectivity index (χ1n) is 7.83. The van der Waals surface area contributed by atoms with Crippen LogP contribution < -0.4 is 0 Å². The fraction of sp³-hybridized carbons (Fsp3) is 0.933. The van der Waals surface area contributed by atoms with Gasteiger partial charge >= 0.3 is 6.16 Å². The minimum absolute atomic E-state index is 0.419. The first-order chi connectivity index (χ1) is 10.8. The Kier molecular flexibility index (Phi) is 18.8. The number of carbonyl (C=O) groups is 1. The van der Waals surface area contributed by atoms with Gasteiger partial charge in [-0.2, -0.15) is 23.5 Å². The van der Waals surface area contributed by atoms with Crippen LogP contribution in [0, 0.1) is 0 Å². The molecule has 0 bridgehead atoms. The highest BCUT2D eigenvalue weighted by molar-refractivity contribution is 7.99. The minimum Gasteiger partial charge on any atom is -0.434 e. The summed E-state index contributed by atoms with van der Waals surface area (Å²) in [6.07, 6.45) is 4.25. The average molecular weight is 355 g/mol. The van der Waals surface area contributed by atoms with Gasteiger partial charge in [-0.1, -0.05) is 13.3 Å². The molecular formula is C15H30O5S2. The molecule has 0 fully saturated rings. The molecule has 0 N–H and O–H groups in total. The molecule has 0 heterocycles. The summed E-state index contributed by atoms with van der Waals surface area (Å²) in [6, 6.07) is 0. The molecule has 0 spiro atoms. The average Bonchev–Trinajstić information content (AvgIpc) is 2.52. The van der Waals surface area contributed by atoms with Crippen molar-refractivity contribution < 1.29 is 23.7 Å². The molecule has 0 aliphatic carbocycles. The van der Waals surface area contributed by atoms with E-state index in [0.29, 0.717) is 26.4 Å². The van der Waals surface area contributed by atoms with Gasteiger partial charge in [-0.05, 0) is 24.9 Å². The van der Waals surface area contributed by atoms with Crippen molar-refractivity contribution in [2.45, 2.75) is 26.2 Å². The van der Waals surface area contributed by atoms with Gasteiger partial charge in [0, 0.05) is 11.5 Å². The van der Waals surface area contributed by atoms with E-state index >= 15 is 0 Å². The summed E-state index contributed by atoms with van der Waals surface area (Å²) in [5.41, 5.74) is 0. The number of carbonyl (C=O) groups excluding carboxylic acids is 1. The maximum atomic E-state index is 11.1. The number of ether oxygens (including phenoxy) is 4. The van der Waals surface area contributed by atoms with Crippen molar-refractivity contribution >= 4 is 29.7 Å². The topological polar surface area (TPSA) is 54.0 Å². The predicted octanol–water partition coefficient (Wildman–Crippen LogP) is 3.46. The molecule has 0 rings (SSSR count). The van der Waals surface area contributed by atoms with Crippen LogP contribution >= 0.6 is 23.5 Å². The molecule has 0 saturated heterocycles. The van der Waals surface area contributed by atoms with E-state index in [9.17, 15) is 4.79 Å². The standard InChI is InChI=1S/C15H30O5S2/c1-3-4-6-19-15(16)20-7-5-12-22-14-11-18-9-8-17-10-13-21-2/h3-14H2,1-2H3. The molecule has 0 atom stereocenters. The Morgan fingerprint density at radius 3 is 2.09 bits per heavy atom. The van der Waals surface area contributed by atoms with Gasteiger partial charge in [0.2, 0.25) is 0 Å². The lowest BCUT2D eigenvalue weighted by molar-refractivity contribution is 0.0547. The van der Waals surface area contributed by atoms with Gasteiger partial charge in [0.25, 0.3) is 0 Å². The highest BCUT2D eigenvalue weighted by atomic mass is 32.2. The maximum absolute atomic E-state index is 11.1. The summed E-state index contributed by atoms with van der Waals surface area (Å²) >= 11 is 3.58. The van der Waals surface area contributed by atoms with E-state index in [1.54, 1.807) is 23.5 Å². The van der Waals surface area contributed by atoms with Crippen molar-refractivity contribution in [2.75, 3.05) is 63.2 Å². The maximum Gasteiger partial charge on any atom is 0.508 e. The van der Waals surface area contributed by atoms with Crippen LogP contribution in [-0.2, 0) is 18.9 Å². The monoisotopic (exact) mass is 354 g/mol. The van der Waals surface area contributed by atoms with E-state index < -0.39 is 6.16 Å². The number of hydrogen-bond donors (Lipinski definition) is 0. The second-order valence-electron chi connectivity index (χ2n) is 4.48. The lowest BCUT2D eigenvalue weighted by Crippen LogP contribution is -2.10. The van der Waals surface area contributed by atoms with Gasteiger partial charge in [0.15, 0.2) is 0 Å². The van der Waals surface area contributed by atoms with Gasteiger partial charge in [0.1, 0.15) is 0 Å². The van der Waals surface area contributed by atoms with Crippen molar-refractivity contribution in [3.8, 4) is 0 Å². The zero-order chi connectivity index (χ0) is 16.3. The molecule has 0 aromatic carbocycles. The molecule has 0 aromatic rings. The molecule has 22 heavy (non-hydrogen) atoms. The summed E-state index contributed by atoms with van der Waals surface area (Å²) in [5, 5.41) is 0. The van der Waals surface area contributed by atoms with E-state index in [4.69, 9.17) is 18.9 Å². The molecule has 0 amide bonds. The zero-order valence-corrected chi connectivity index (χ0v) is 15.5. The summed E-state index contributed by atoms with van der Waals surface area (Å²) < 4.78 is 20.7. The summed E-state index contributed by atoms with van der Waals surface area (Å²) in [4.78, 5) is 11.1. The van der Waals surface area contributed by atoms with Crippen molar-refractivity contribution in [2.24, 2.45) is 0 Å². The van der Waals surface area contributed by atoms with Gasteiger partial charge in [-0.15, -0.1) is 0 Å².